The number of halogens is 4. The molecule has 0 spiro atoms. The summed E-state index contributed by atoms with van der Waals surface area (Å²) in [6.07, 6.45) is -0.738. The Balaban J connectivity index is 2.31. The summed E-state index contributed by atoms with van der Waals surface area (Å²) in [5.41, 5.74) is -0.0759. The van der Waals surface area contributed by atoms with Crippen LogP contribution in [-0.2, 0) is 0 Å². The third-order valence-corrected chi connectivity index (χ3v) is 3.06. The predicted molar refractivity (Wildman–Crippen MR) is 59.3 cm³/mol. The summed E-state index contributed by atoms with van der Waals surface area (Å²) in [7, 11) is 1.33. The lowest BCUT2D eigenvalue weighted by Gasteiger charge is -2.34. The van der Waals surface area contributed by atoms with Crippen LogP contribution in [0.3, 0.4) is 0 Å². The highest BCUT2D eigenvalue weighted by Gasteiger charge is 2.35. The van der Waals surface area contributed by atoms with Crippen LogP contribution in [0.25, 0.3) is 0 Å². The first-order valence-electron chi connectivity index (χ1n) is 5.59. The number of piperidine rings is 1. The van der Waals surface area contributed by atoms with Gasteiger partial charge in [-0.3, -0.25) is 0 Å². The van der Waals surface area contributed by atoms with Crippen LogP contribution in [0.15, 0.2) is 12.1 Å². The molecule has 1 fully saturated rings. The van der Waals surface area contributed by atoms with Crippen molar-refractivity contribution in [1.82, 2.24) is 0 Å². The Kier molecular flexibility index (Phi) is 3.36. The van der Waals surface area contributed by atoms with E-state index in [2.05, 4.69) is 0 Å². The zero-order valence-electron chi connectivity index (χ0n) is 9.85. The first kappa shape index (κ1) is 13.0. The van der Waals surface area contributed by atoms with E-state index >= 15 is 0 Å². The van der Waals surface area contributed by atoms with Crippen LogP contribution < -0.4 is 9.64 Å². The summed E-state index contributed by atoms with van der Waals surface area (Å²) < 4.78 is 57.9. The van der Waals surface area contributed by atoms with E-state index in [0.717, 1.165) is 6.07 Å². The third kappa shape index (κ3) is 2.37. The fourth-order valence-corrected chi connectivity index (χ4v) is 2.04. The smallest absolute Gasteiger partial charge is 0.251 e. The minimum absolute atomic E-state index is 0.0241. The number of benzene rings is 1. The van der Waals surface area contributed by atoms with Gasteiger partial charge in [0.25, 0.3) is 5.92 Å². The van der Waals surface area contributed by atoms with Gasteiger partial charge in [-0.2, -0.15) is 0 Å². The van der Waals surface area contributed by atoms with Crippen LogP contribution in [0.4, 0.5) is 23.2 Å². The quantitative estimate of drug-likeness (QED) is 0.760. The summed E-state index contributed by atoms with van der Waals surface area (Å²) in [4.78, 5) is 1.40. The molecule has 1 aliphatic rings. The average Bonchev–Trinajstić information content (AvgIpc) is 2.33. The van der Waals surface area contributed by atoms with Crippen molar-refractivity contribution in [2.45, 2.75) is 18.8 Å². The number of nitrogens with zero attached hydrogens (tertiary/aromatic N) is 1. The summed E-state index contributed by atoms with van der Waals surface area (Å²) in [5, 5.41) is 0. The largest absolute Gasteiger partial charge is 0.494 e. The van der Waals surface area contributed by atoms with Gasteiger partial charge >= 0.3 is 0 Å². The van der Waals surface area contributed by atoms with Crippen LogP contribution >= 0.6 is 0 Å². The molecule has 0 aromatic heterocycles. The molecule has 0 saturated carbocycles. The van der Waals surface area contributed by atoms with Gasteiger partial charge in [-0.1, -0.05) is 0 Å². The molecule has 100 valence electrons. The molecular weight excluding hydrogens is 250 g/mol. The van der Waals surface area contributed by atoms with E-state index in [9.17, 15) is 17.6 Å². The maximum Gasteiger partial charge on any atom is 0.251 e. The second-order valence-electron chi connectivity index (χ2n) is 4.26. The lowest BCUT2D eigenvalue weighted by Crippen LogP contribution is -2.40. The Labute approximate surface area is 102 Å². The van der Waals surface area contributed by atoms with Gasteiger partial charge in [0.2, 0.25) is 0 Å². The fourth-order valence-electron chi connectivity index (χ4n) is 2.04. The first-order valence-corrected chi connectivity index (χ1v) is 5.59. The average molecular weight is 263 g/mol. The molecule has 1 aromatic rings. The number of hydrogen-bond donors (Lipinski definition) is 0. The van der Waals surface area contributed by atoms with Crippen molar-refractivity contribution >= 4 is 5.69 Å². The van der Waals surface area contributed by atoms with E-state index in [1.165, 1.54) is 18.1 Å². The Morgan fingerprint density at radius 3 is 2.33 bits per heavy atom. The second kappa shape index (κ2) is 4.66. The van der Waals surface area contributed by atoms with Crippen LogP contribution in [0, 0.1) is 11.6 Å². The molecule has 18 heavy (non-hydrogen) atoms. The van der Waals surface area contributed by atoms with Gasteiger partial charge in [0.15, 0.2) is 11.6 Å². The highest BCUT2D eigenvalue weighted by molar-refractivity contribution is 5.60. The Bertz CT molecular complexity index is 440. The fraction of sp³-hybridized carbons (Fsp3) is 0.500. The monoisotopic (exact) mass is 263 g/mol. The number of hydrogen-bond acceptors (Lipinski definition) is 2. The van der Waals surface area contributed by atoms with Crippen molar-refractivity contribution in [1.29, 1.82) is 0 Å². The topological polar surface area (TPSA) is 12.5 Å². The molecular formula is C12H13F4NO. The van der Waals surface area contributed by atoms with E-state index < -0.39 is 17.6 Å². The molecule has 0 radical (unpaired) electrons. The lowest BCUT2D eigenvalue weighted by atomic mass is 10.1. The zero-order valence-corrected chi connectivity index (χ0v) is 9.85. The Morgan fingerprint density at radius 1 is 1.17 bits per heavy atom. The molecule has 2 nitrogen and oxygen atoms in total. The molecule has 1 saturated heterocycles. The molecule has 0 bridgehead atoms. The van der Waals surface area contributed by atoms with Crippen molar-refractivity contribution < 1.29 is 22.3 Å². The van der Waals surface area contributed by atoms with Gasteiger partial charge < -0.3 is 9.64 Å². The molecule has 2 rings (SSSR count). The highest BCUT2D eigenvalue weighted by atomic mass is 19.3. The Morgan fingerprint density at radius 2 is 1.78 bits per heavy atom. The van der Waals surface area contributed by atoms with Gasteiger partial charge in [-0.25, -0.2) is 17.6 Å². The third-order valence-electron chi connectivity index (χ3n) is 3.06. The first-order chi connectivity index (χ1) is 8.44. The maximum atomic E-state index is 13.7. The molecule has 0 aliphatic carbocycles. The van der Waals surface area contributed by atoms with E-state index in [1.54, 1.807) is 0 Å². The maximum absolute atomic E-state index is 13.7. The summed E-state index contributed by atoms with van der Waals surface area (Å²) in [5.74, 6) is -4.64. The minimum atomic E-state index is -2.73. The van der Waals surface area contributed by atoms with Gasteiger partial charge in [0.05, 0.1) is 7.11 Å². The Hall–Kier alpha value is -1.46. The molecule has 1 aliphatic heterocycles. The van der Waals surface area contributed by atoms with Crippen molar-refractivity contribution in [3.8, 4) is 5.75 Å². The van der Waals surface area contributed by atoms with E-state index in [0.29, 0.717) is 0 Å². The normalized spacial score (nSPS) is 18.8. The van der Waals surface area contributed by atoms with Crippen molar-refractivity contribution in [3.05, 3.63) is 23.8 Å². The predicted octanol–water partition coefficient (Wildman–Crippen LogP) is 3.21. The number of ether oxygens (including phenoxy) is 1. The van der Waals surface area contributed by atoms with E-state index in [4.69, 9.17) is 4.74 Å². The number of anilines is 1. The molecule has 1 heterocycles. The van der Waals surface area contributed by atoms with Gasteiger partial charge in [0, 0.05) is 25.9 Å². The SMILES string of the molecule is COc1ccc(F)c(F)c1N1CCC(F)(F)CC1. The van der Waals surface area contributed by atoms with E-state index in [1.807, 2.05) is 0 Å². The van der Waals surface area contributed by atoms with Crippen molar-refractivity contribution in [3.63, 3.8) is 0 Å². The molecule has 0 N–H and O–H groups in total. The molecule has 1 aromatic carbocycles. The number of alkyl halides is 2. The summed E-state index contributed by atoms with van der Waals surface area (Å²) >= 11 is 0. The van der Waals surface area contributed by atoms with Gasteiger partial charge in [-0.15, -0.1) is 0 Å². The van der Waals surface area contributed by atoms with Gasteiger partial charge in [0.1, 0.15) is 11.4 Å². The highest BCUT2D eigenvalue weighted by Crippen LogP contribution is 2.37. The van der Waals surface area contributed by atoms with Gasteiger partial charge in [-0.05, 0) is 12.1 Å². The van der Waals surface area contributed by atoms with Crippen molar-refractivity contribution in [2.75, 3.05) is 25.1 Å². The summed E-state index contributed by atoms with van der Waals surface area (Å²) in [6, 6.07) is 2.25. The standard InChI is InChI=1S/C12H13F4NO/c1-18-9-3-2-8(13)10(14)11(9)17-6-4-12(15,16)5-7-17/h2-3H,4-7H2,1H3. The molecule has 0 atom stereocenters. The van der Waals surface area contributed by atoms with Crippen LogP contribution in [0.5, 0.6) is 5.75 Å². The van der Waals surface area contributed by atoms with Crippen LogP contribution in [0.2, 0.25) is 0 Å². The van der Waals surface area contributed by atoms with E-state index in [-0.39, 0.29) is 37.4 Å². The number of rotatable bonds is 2. The molecule has 0 amide bonds. The second-order valence-corrected chi connectivity index (χ2v) is 4.26. The molecule has 6 heteroatoms. The number of methoxy groups -OCH3 is 1. The van der Waals surface area contributed by atoms with Crippen LogP contribution in [-0.4, -0.2) is 26.1 Å². The van der Waals surface area contributed by atoms with Crippen molar-refractivity contribution in [2.24, 2.45) is 0 Å². The minimum Gasteiger partial charge on any atom is -0.494 e. The zero-order chi connectivity index (χ0) is 13.3. The van der Waals surface area contributed by atoms with Crippen LogP contribution in [0.1, 0.15) is 12.8 Å². The summed E-state index contributed by atoms with van der Waals surface area (Å²) in [6.45, 7) is -0.0481. The lowest BCUT2D eigenvalue weighted by molar-refractivity contribution is -0.0222. The molecule has 0 unspecified atom stereocenters.